The van der Waals surface area contributed by atoms with Crippen molar-refractivity contribution < 1.29 is 24.3 Å². The Kier molecular flexibility index (Phi) is 11.6. The Morgan fingerprint density at radius 2 is 1.63 bits per heavy atom. The highest BCUT2D eigenvalue weighted by Crippen LogP contribution is 2.09. The Morgan fingerprint density at radius 3 is 2.17 bits per heavy atom. The maximum absolute atomic E-state index is 12.8. The van der Waals surface area contributed by atoms with Crippen LogP contribution in [-0.4, -0.2) is 59.4 Å². The zero-order chi connectivity index (χ0) is 22.5. The van der Waals surface area contributed by atoms with Crippen LogP contribution >= 0.6 is 11.8 Å². The molecular formula is C21H31N3O5S. The zero-order valence-corrected chi connectivity index (χ0v) is 18.4. The minimum Gasteiger partial charge on any atom is -0.480 e. The number of rotatable bonds is 14. The predicted molar refractivity (Wildman–Crippen MR) is 117 cm³/mol. The molecule has 0 aliphatic carbocycles. The number of benzene rings is 1. The fourth-order valence-electron chi connectivity index (χ4n) is 2.91. The number of nitrogens with one attached hydrogen (secondary N) is 3. The number of hydrogen-bond acceptors (Lipinski definition) is 5. The number of carbonyl (C=O) groups is 4. The van der Waals surface area contributed by atoms with E-state index in [1.807, 2.05) is 26.2 Å². The van der Waals surface area contributed by atoms with Gasteiger partial charge in [-0.05, 0) is 36.3 Å². The highest BCUT2D eigenvalue weighted by molar-refractivity contribution is 7.98. The molecular weight excluding hydrogens is 406 g/mol. The lowest BCUT2D eigenvalue weighted by Gasteiger charge is -2.25. The van der Waals surface area contributed by atoms with Crippen LogP contribution in [0.5, 0.6) is 0 Å². The largest absolute Gasteiger partial charge is 0.480 e. The van der Waals surface area contributed by atoms with Gasteiger partial charge in [0.15, 0.2) is 0 Å². The molecule has 0 heterocycles. The second kappa shape index (κ2) is 13.6. The van der Waals surface area contributed by atoms with Crippen LogP contribution in [0.2, 0.25) is 0 Å². The van der Waals surface area contributed by atoms with Crippen molar-refractivity contribution in [1.29, 1.82) is 0 Å². The molecule has 0 aliphatic rings. The quantitative estimate of drug-likeness (QED) is 0.324. The van der Waals surface area contributed by atoms with E-state index in [1.54, 1.807) is 36.0 Å². The van der Waals surface area contributed by atoms with Gasteiger partial charge in [-0.25, -0.2) is 4.79 Å². The highest BCUT2D eigenvalue weighted by atomic mass is 32.2. The van der Waals surface area contributed by atoms with E-state index in [1.165, 1.54) is 0 Å². The van der Waals surface area contributed by atoms with Crippen LogP contribution in [0.1, 0.15) is 32.3 Å². The predicted octanol–water partition coefficient (Wildman–Crippen LogP) is 1.20. The summed E-state index contributed by atoms with van der Waals surface area (Å²) in [5.41, 5.74) is 0.780. The first kappa shape index (κ1) is 25.5. The highest BCUT2D eigenvalue weighted by Gasteiger charge is 2.29. The van der Waals surface area contributed by atoms with Crippen molar-refractivity contribution in [2.75, 3.05) is 12.0 Å². The van der Waals surface area contributed by atoms with Gasteiger partial charge in [-0.1, -0.05) is 44.2 Å². The summed E-state index contributed by atoms with van der Waals surface area (Å²) in [5, 5.41) is 17.2. The minimum atomic E-state index is -1.15. The summed E-state index contributed by atoms with van der Waals surface area (Å²) in [7, 11) is 0. The first-order chi connectivity index (χ1) is 14.3. The number of aliphatic carboxylic acids is 1. The van der Waals surface area contributed by atoms with E-state index in [9.17, 15) is 24.3 Å². The smallest absolute Gasteiger partial charge is 0.326 e. The second-order valence-electron chi connectivity index (χ2n) is 7.40. The summed E-state index contributed by atoms with van der Waals surface area (Å²) < 4.78 is 0. The number of thioether (sulfide) groups is 1. The van der Waals surface area contributed by atoms with Crippen molar-refractivity contribution >= 4 is 36.0 Å². The number of carbonyl (C=O) groups excluding carboxylic acids is 3. The van der Waals surface area contributed by atoms with Gasteiger partial charge in [0.05, 0.1) is 0 Å². The van der Waals surface area contributed by atoms with E-state index in [0.717, 1.165) is 5.56 Å². The first-order valence-electron chi connectivity index (χ1n) is 9.84. The summed E-state index contributed by atoms with van der Waals surface area (Å²) in [6, 6.07) is 6.23. The Balaban J connectivity index is 2.88. The molecule has 0 saturated carbocycles. The molecule has 9 heteroatoms. The third kappa shape index (κ3) is 9.30. The second-order valence-corrected chi connectivity index (χ2v) is 8.38. The summed E-state index contributed by atoms with van der Waals surface area (Å²) in [5.74, 6) is -1.43. The number of carboxylic acid groups (broad SMARTS) is 1. The summed E-state index contributed by atoms with van der Waals surface area (Å²) in [6.45, 7) is 3.81. The maximum Gasteiger partial charge on any atom is 0.326 e. The molecule has 0 unspecified atom stereocenters. The average molecular weight is 438 g/mol. The van der Waals surface area contributed by atoms with E-state index in [2.05, 4.69) is 16.0 Å². The van der Waals surface area contributed by atoms with Crippen molar-refractivity contribution in [3.8, 4) is 0 Å². The van der Waals surface area contributed by atoms with Crippen LogP contribution in [-0.2, 0) is 25.6 Å². The van der Waals surface area contributed by atoms with Crippen molar-refractivity contribution in [3.63, 3.8) is 0 Å². The van der Waals surface area contributed by atoms with Crippen LogP contribution in [0, 0.1) is 5.92 Å². The molecule has 0 bridgehead atoms. The normalized spacial score (nSPS) is 13.7. The number of carboxylic acids is 1. The first-order valence-corrected chi connectivity index (χ1v) is 11.2. The Morgan fingerprint density at radius 1 is 1.03 bits per heavy atom. The summed E-state index contributed by atoms with van der Waals surface area (Å²) >= 11 is 1.54. The minimum absolute atomic E-state index is 0.0853. The van der Waals surface area contributed by atoms with Gasteiger partial charge in [0.2, 0.25) is 18.2 Å². The zero-order valence-electron chi connectivity index (χ0n) is 17.6. The van der Waals surface area contributed by atoms with Gasteiger partial charge < -0.3 is 21.1 Å². The molecule has 1 aromatic carbocycles. The monoisotopic (exact) mass is 437 g/mol. The molecule has 8 nitrogen and oxygen atoms in total. The van der Waals surface area contributed by atoms with Crippen LogP contribution in [0.4, 0.5) is 0 Å². The molecule has 3 amide bonds. The lowest BCUT2D eigenvalue weighted by Crippen LogP contribution is -2.55. The third-order valence-electron chi connectivity index (χ3n) is 4.43. The SMILES string of the molecule is CSCC[C@@H](NC=O)C(=O)N[C@@H](CC(C)C)C(=O)N[C@@H](Cc1ccccc1)C(=O)O. The maximum atomic E-state index is 12.8. The lowest BCUT2D eigenvalue weighted by molar-refractivity contribution is -0.142. The number of hydrogen-bond donors (Lipinski definition) is 4. The van der Waals surface area contributed by atoms with Gasteiger partial charge in [0.1, 0.15) is 18.1 Å². The van der Waals surface area contributed by atoms with Gasteiger partial charge in [-0.15, -0.1) is 0 Å². The van der Waals surface area contributed by atoms with Gasteiger partial charge in [-0.2, -0.15) is 11.8 Å². The van der Waals surface area contributed by atoms with E-state index < -0.39 is 35.9 Å². The van der Waals surface area contributed by atoms with E-state index in [4.69, 9.17) is 0 Å². The molecule has 1 aromatic rings. The molecule has 4 N–H and O–H groups in total. The Labute approximate surface area is 181 Å². The average Bonchev–Trinajstić information content (AvgIpc) is 2.70. The Hall–Kier alpha value is -2.55. The van der Waals surface area contributed by atoms with Crippen molar-refractivity contribution in [2.45, 2.75) is 51.2 Å². The molecule has 30 heavy (non-hydrogen) atoms. The molecule has 3 atom stereocenters. The molecule has 0 fully saturated rings. The molecule has 0 aromatic heterocycles. The standard InChI is InChI=1S/C21H31N3O5S/c1-14(2)11-17(23-19(26)16(22-13-25)9-10-30-3)20(27)24-18(21(28)29)12-15-7-5-4-6-8-15/h4-8,13-14,16-18H,9-12H2,1-3H3,(H,22,25)(H,23,26)(H,24,27)(H,28,29)/t16-,17+,18+/m1/s1. The molecule has 0 radical (unpaired) electrons. The van der Waals surface area contributed by atoms with Crippen molar-refractivity contribution in [3.05, 3.63) is 35.9 Å². The van der Waals surface area contributed by atoms with Crippen LogP contribution in [0.3, 0.4) is 0 Å². The third-order valence-corrected chi connectivity index (χ3v) is 5.08. The summed E-state index contributed by atoms with van der Waals surface area (Å²) in [4.78, 5) is 47.9. The van der Waals surface area contributed by atoms with E-state index >= 15 is 0 Å². The molecule has 0 saturated heterocycles. The lowest BCUT2D eigenvalue weighted by atomic mass is 10.0. The van der Waals surface area contributed by atoms with Crippen LogP contribution < -0.4 is 16.0 Å². The van der Waals surface area contributed by atoms with Crippen LogP contribution in [0.15, 0.2) is 30.3 Å². The molecule has 0 spiro atoms. The van der Waals surface area contributed by atoms with E-state index in [-0.39, 0.29) is 12.3 Å². The van der Waals surface area contributed by atoms with Gasteiger partial charge in [0.25, 0.3) is 0 Å². The van der Waals surface area contributed by atoms with Crippen molar-refractivity contribution in [1.82, 2.24) is 16.0 Å². The molecule has 1 rings (SSSR count). The van der Waals surface area contributed by atoms with Gasteiger partial charge in [0, 0.05) is 6.42 Å². The number of amides is 3. The van der Waals surface area contributed by atoms with Crippen molar-refractivity contribution in [2.24, 2.45) is 5.92 Å². The van der Waals surface area contributed by atoms with E-state index in [0.29, 0.717) is 25.0 Å². The Bertz CT molecular complexity index is 699. The van der Waals surface area contributed by atoms with Gasteiger partial charge >= 0.3 is 5.97 Å². The van der Waals surface area contributed by atoms with Gasteiger partial charge in [-0.3, -0.25) is 14.4 Å². The van der Waals surface area contributed by atoms with Crippen LogP contribution in [0.25, 0.3) is 0 Å². The topological polar surface area (TPSA) is 125 Å². The summed E-state index contributed by atoms with van der Waals surface area (Å²) in [6.07, 6.45) is 3.25. The fraction of sp³-hybridized carbons (Fsp3) is 0.524. The molecule has 166 valence electrons. The molecule has 0 aliphatic heterocycles. The fourth-order valence-corrected chi connectivity index (χ4v) is 3.38.